The molecule has 1 aliphatic heterocycles. The van der Waals surface area contributed by atoms with Crippen LogP contribution in [0.15, 0.2) is 42.8 Å². The van der Waals surface area contributed by atoms with Gasteiger partial charge in [0.05, 0.1) is 10.6 Å². The first-order valence-corrected chi connectivity index (χ1v) is 5.33. The molecule has 0 amide bonds. The molecule has 0 fully saturated rings. The van der Waals surface area contributed by atoms with Crippen molar-refractivity contribution in [1.82, 2.24) is 5.32 Å². The van der Waals surface area contributed by atoms with E-state index >= 15 is 0 Å². The predicted molar refractivity (Wildman–Crippen MR) is 60.6 cm³/mol. The Morgan fingerprint density at radius 1 is 1.12 bits per heavy atom. The number of hydrogen-bond acceptors (Lipinski definition) is 1. The van der Waals surface area contributed by atoms with Crippen LogP contribution in [-0.2, 0) is 6.18 Å². The van der Waals surface area contributed by atoms with Gasteiger partial charge in [0.2, 0.25) is 0 Å². The third kappa shape index (κ3) is 2.47. The smallest absolute Gasteiger partial charge is 0.368 e. The zero-order valence-corrected chi connectivity index (χ0v) is 9.39. The van der Waals surface area contributed by atoms with Gasteiger partial charge in [0.15, 0.2) is 0 Å². The summed E-state index contributed by atoms with van der Waals surface area (Å²) in [5.74, 6) is -0.231. The molecule has 0 aromatic heterocycles. The summed E-state index contributed by atoms with van der Waals surface area (Å²) >= 11 is 5.82. The summed E-state index contributed by atoms with van der Waals surface area (Å²) in [5.41, 5.74) is -0.340. The van der Waals surface area contributed by atoms with E-state index in [1.807, 2.05) is 0 Å². The highest BCUT2D eigenvalue weighted by Crippen LogP contribution is 2.39. The van der Waals surface area contributed by atoms with Crippen LogP contribution in [0.4, 0.5) is 13.2 Å². The number of dihydropyridines is 1. The maximum Gasteiger partial charge on any atom is 0.417 e. The third-order valence-electron chi connectivity index (χ3n) is 2.49. The Morgan fingerprint density at radius 2 is 1.76 bits per heavy atom. The van der Waals surface area contributed by atoms with Crippen molar-refractivity contribution in [2.45, 2.75) is 12.1 Å². The van der Waals surface area contributed by atoms with E-state index in [-0.39, 0.29) is 10.9 Å². The quantitative estimate of drug-likeness (QED) is 0.802. The number of allylic oxidation sites excluding steroid dienone is 2. The Kier molecular flexibility index (Phi) is 3.15. The lowest BCUT2D eigenvalue weighted by Crippen LogP contribution is -2.09. The molecule has 90 valence electrons. The van der Waals surface area contributed by atoms with Crippen molar-refractivity contribution in [3.05, 3.63) is 58.9 Å². The molecular weight excluding hydrogens is 251 g/mol. The summed E-state index contributed by atoms with van der Waals surface area (Å²) in [6, 6.07) is 3.95. The fourth-order valence-corrected chi connectivity index (χ4v) is 2.03. The second-order valence-corrected chi connectivity index (χ2v) is 4.00. The summed E-state index contributed by atoms with van der Waals surface area (Å²) in [4.78, 5) is 0. The van der Waals surface area contributed by atoms with Crippen LogP contribution in [0.1, 0.15) is 17.0 Å². The second-order valence-electron chi connectivity index (χ2n) is 3.62. The Hall–Kier alpha value is -1.42. The first-order valence-electron chi connectivity index (χ1n) is 4.95. The molecule has 1 N–H and O–H groups in total. The van der Waals surface area contributed by atoms with Gasteiger partial charge in [0.1, 0.15) is 0 Å². The molecule has 0 bridgehead atoms. The van der Waals surface area contributed by atoms with E-state index in [0.717, 1.165) is 6.07 Å². The van der Waals surface area contributed by atoms with Crippen molar-refractivity contribution in [1.29, 1.82) is 0 Å². The normalized spacial score (nSPS) is 16.0. The number of rotatable bonds is 1. The monoisotopic (exact) mass is 259 g/mol. The Bertz CT molecular complexity index is 465. The molecule has 0 aliphatic carbocycles. The van der Waals surface area contributed by atoms with Gasteiger partial charge in [-0.2, -0.15) is 13.2 Å². The van der Waals surface area contributed by atoms with Gasteiger partial charge in [0, 0.05) is 5.92 Å². The lowest BCUT2D eigenvalue weighted by Gasteiger charge is -2.17. The van der Waals surface area contributed by atoms with Crippen LogP contribution in [0.2, 0.25) is 5.02 Å². The van der Waals surface area contributed by atoms with Crippen LogP contribution in [0.5, 0.6) is 0 Å². The number of alkyl halides is 3. The van der Waals surface area contributed by atoms with Crippen LogP contribution in [-0.4, -0.2) is 0 Å². The summed E-state index contributed by atoms with van der Waals surface area (Å²) in [5, 5.41) is 2.59. The van der Waals surface area contributed by atoms with Gasteiger partial charge in [-0.05, 0) is 24.0 Å². The zero-order chi connectivity index (χ0) is 12.5. The van der Waals surface area contributed by atoms with Crippen LogP contribution < -0.4 is 5.32 Å². The maximum atomic E-state index is 12.7. The molecule has 1 aliphatic rings. The summed E-state index contributed by atoms with van der Waals surface area (Å²) in [6.45, 7) is 0. The average Bonchev–Trinajstić information content (AvgIpc) is 2.29. The first kappa shape index (κ1) is 12.0. The van der Waals surface area contributed by atoms with E-state index in [1.165, 1.54) is 6.07 Å². The molecule has 5 heteroatoms. The van der Waals surface area contributed by atoms with Gasteiger partial charge in [-0.1, -0.05) is 35.9 Å². The van der Waals surface area contributed by atoms with Gasteiger partial charge in [-0.3, -0.25) is 0 Å². The molecule has 0 saturated heterocycles. The molecule has 0 saturated carbocycles. The lowest BCUT2D eigenvalue weighted by atomic mass is 9.96. The lowest BCUT2D eigenvalue weighted by molar-refractivity contribution is -0.137. The minimum Gasteiger partial charge on any atom is -0.368 e. The summed E-state index contributed by atoms with van der Waals surface area (Å²) < 4.78 is 38.0. The van der Waals surface area contributed by atoms with Crippen molar-refractivity contribution in [3.63, 3.8) is 0 Å². The molecule has 1 aromatic rings. The number of hydrogen-bond donors (Lipinski definition) is 1. The zero-order valence-electron chi connectivity index (χ0n) is 8.63. The highest BCUT2D eigenvalue weighted by molar-refractivity contribution is 6.32. The second kappa shape index (κ2) is 4.45. The maximum absolute atomic E-state index is 12.7. The highest BCUT2D eigenvalue weighted by Gasteiger charge is 2.34. The number of nitrogens with one attached hydrogen (secondary N) is 1. The fraction of sp³-hybridized carbons (Fsp3) is 0.167. The Morgan fingerprint density at radius 3 is 2.35 bits per heavy atom. The van der Waals surface area contributed by atoms with Gasteiger partial charge in [-0.15, -0.1) is 0 Å². The fourth-order valence-electron chi connectivity index (χ4n) is 1.67. The third-order valence-corrected chi connectivity index (χ3v) is 2.91. The molecule has 1 aromatic carbocycles. The standard InChI is InChI=1S/C12H9ClF3N/c13-11-9(8-4-6-17-7-5-8)2-1-3-10(11)12(14,15)16/h1-8,17H. The first-order chi connectivity index (χ1) is 8.00. The average molecular weight is 260 g/mol. The van der Waals surface area contributed by atoms with Crippen LogP contribution in [0, 0.1) is 0 Å². The van der Waals surface area contributed by atoms with Crippen molar-refractivity contribution in [2.24, 2.45) is 0 Å². The molecule has 0 radical (unpaired) electrons. The van der Waals surface area contributed by atoms with E-state index in [2.05, 4.69) is 5.32 Å². The van der Waals surface area contributed by atoms with E-state index in [4.69, 9.17) is 11.6 Å². The molecule has 17 heavy (non-hydrogen) atoms. The van der Waals surface area contributed by atoms with E-state index in [1.54, 1.807) is 30.6 Å². The van der Waals surface area contributed by atoms with Gasteiger partial charge < -0.3 is 5.32 Å². The van der Waals surface area contributed by atoms with Crippen molar-refractivity contribution < 1.29 is 13.2 Å². The molecule has 0 unspecified atom stereocenters. The van der Waals surface area contributed by atoms with E-state index in [0.29, 0.717) is 5.56 Å². The van der Waals surface area contributed by atoms with Crippen LogP contribution >= 0.6 is 11.6 Å². The van der Waals surface area contributed by atoms with E-state index < -0.39 is 11.7 Å². The number of halogens is 4. The number of benzene rings is 1. The minimum absolute atomic E-state index is 0.231. The topological polar surface area (TPSA) is 12.0 Å². The molecule has 0 spiro atoms. The van der Waals surface area contributed by atoms with Crippen LogP contribution in [0.3, 0.4) is 0 Å². The molecule has 1 nitrogen and oxygen atoms in total. The SMILES string of the molecule is FC(F)(F)c1cccc(C2C=CNC=C2)c1Cl. The van der Waals surface area contributed by atoms with Gasteiger partial charge >= 0.3 is 6.18 Å². The van der Waals surface area contributed by atoms with Gasteiger partial charge in [-0.25, -0.2) is 0 Å². The Labute approximate surface area is 102 Å². The van der Waals surface area contributed by atoms with Crippen molar-refractivity contribution in [2.75, 3.05) is 0 Å². The van der Waals surface area contributed by atoms with Crippen molar-refractivity contribution >= 4 is 11.6 Å². The molecule has 0 atom stereocenters. The minimum atomic E-state index is -4.42. The predicted octanol–water partition coefficient (Wildman–Crippen LogP) is 4.07. The largest absolute Gasteiger partial charge is 0.417 e. The summed E-state index contributed by atoms with van der Waals surface area (Å²) in [7, 11) is 0. The highest BCUT2D eigenvalue weighted by atomic mass is 35.5. The molecular formula is C12H9ClF3N. The van der Waals surface area contributed by atoms with Gasteiger partial charge in [0.25, 0.3) is 0 Å². The molecule has 2 rings (SSSR count). The summed E-state index contributed by atoms with van der Waals surface area (Å²) in [6.07, 6.45) is 2.42. The molecule has 1 heterocycles. The van der Waals surface area contributed by atoms with Crippen LogP contribution in [0.25, 0.3) is 0 Å². The van der Waals surface area contributed by atoms with E-state index in [9.17, 15) is 13.2 Å². The Balaban J connectivity index is 2.46. The van der Waals surface area contributed by atoms with Crippen molar-refractivity contribution in [3.8, 4) is 0 Å².